The lowest BCUT2D eigenvalue weighted by Gasteiger charge is -2.16. The molecule has 0 atom stereocenters. The molecule has 0 aliphatic heterocycles. The summed E-state index contributed by atoms with van der Waals surface area (Å²) in [6.07, 6.45) is 1.09. The van der Waals surface area contributed by atoms with Gasteiger partial charge in [0.25, 0.3) is 11.6 Å². The zero-order chi connectivity index (χ0) is 19.6. The molecule has 138 valence electrons. The average Bonchev–Trinajstić information content (AvgIpc) is 2.65. The number of carbonyl (C=O) groups excluding carboxylic acids is 1. The summed E-state index contributed by atoms with van der Waals surface area (Å²) in [6.45, 7) is 0.342. The standard InChI is InChI=1S/C18H18N6O3/c1-23(2)16-7-11(13-5-3-4-6-15(13)22-16)9-20-18-14(17(19)25)8-12(10-21-18)24(26)27/h3-8,10H,9H2,1-2H3,(H2,19,25)(H,20,21). The van der Waals surface area contributed by atoms with Gasteiger partial charge in [0.1, 0.15) is 17.8 Å². The van der Waals surface area contributed by atoms with Gasteiger partial charge < -0.3 is 16.0 Å². The van der Waals surface area contributed by atoms with Gasteiger partial charge in [-0.15, -0.1) is 0 Å². The van der Waals surface area contributed by atoms with Crippen LogP contribution in [0.1, 0.15) is 15.9 Å². The number of fused-ring (bicyclic) bond motifs is 1. The Balaban J connectivity index is 1.97. The van der Waals surface area contributed by atoms with Crippen molar-refractivity contribution >= 4 is 34.1 Å². The molecule has 3 rings (SSSR count). The Bertz CT molecular complexity index is 1030. The lowest BCUT2D eigenvalue weighted by atomic mass is 10.1. The van der Waals surface area contributed by atoms with E-state index in [0.29, 0.717) is 6.54 Å². The van der Waals surface area contributed by atoms with Crippen molar-refractivity contribution in [3.8, 4) is 0 Å². The fourth-order valence-electron chi connectivity index (χ4n) is 2.67. The number of carbonyl (C=O) groups is 1. The molecular weight excluding hydrogens is 348 g/mol. The highest BCUT2D eigenvalue weighted by Gasteiger charge is 2.16. The highest BCUT2D eigenvalue weighted by molar-refractivity contribution is 5.98. The van der Waals surface area contributed by atoms with Gasteiger partial charge >= 0.3 is 0 Å². The van der Waals surface area contributed by atoms with Gasteiger partial charge in [-0.25, -0.2) is 9.97 Å². The number of aromatic nitrogens is 2. The largest absolute Gasteiger partial charge is 0.365 e. The maximum Gasteiger partial charge on any atom is 0.288 e. The fourth-order valence-corrected chi connectivity index (χ4v) is 2.67. The van der Waals surface area contributed by atoms with E-state index in [1.54, 1.807) is 0 Å². The fraction of sp³-hybridized carbons (Fsp3) is 0.167. The molecule has 0 aliphatic rings. The monoisotopic (exact) mass is 366 g/mol. The van der Waals surface area contributed by atoms with Crippen molar-refractivity contribution in [2.24, 2.45) is 5.73 Å². The van der Waals surface area contributed by atoms with Crippen molar-refractivity contribution in [1.82, 2.24) is 9.97 Å². The summed E-state index contributed by atoms with van der Waals surface area (Å²) in [6, 6.07) is 10.8. The molecule has 0 spiro atoms. The lowest BCUT2D eigenvalue weighted by molar-refractivity contribution is -0.385. The molecule has 2 aromatic heterocycles. The first-order valence-corrected chi connectivity index (χ1v) is 8.11. The van der Waals surface area contributed by atoms with Gasteiger partial charge in [-0.05, 0) is 17.7 Å². The summed E-state index contributed by atoms with van der Waals surface area (Å²) in [7, 11) is 3.80. The van der Waals surface area contributed by atoms with E-state index in [4.69, 9.17) is 5.73 Å². The smallest absolute Gasteiger partial charge is 0.288 e. The second kappa shape index (κ2) is 7.24. The summed E-state index contributed by atoms with van der Waals surface area (Å²) >= 11 is 0. The summed E-state index contributed by atoms with van der Waals surface area (Å²) in [5.74, 6) is 0.194. The van der Waals surface area contributed by atoms with Gasteiger partial charge in [-0.1, -0.05) is 18.2 Å². The number of hydrogen-bond acceptors (Lipinski definition) is 7. The van der Waals surface area contributed by atoms with Crippen LogP contribution < -0.4 is 16.0 Å². The molecule has 0 bridgehead atoms. The zero-order valence-corrected chi connectivity index (χ0v) is 14.8. The Morgan fingerprint density at radius 2 is 2.04 bits per heavy atom. The van der Waals surface area contributed by atoms with Crippen LogP contribution in [-0.2, 0) is 6.54 Å². The minimum absolute atomic E-state index is 0.0320. The first-order valence-electron chi connectivity index (χ1n) is 8.11. The maximum atomic E-state index is 11.7. The van der Waals surface area contributed by atoms with E-state index in [2.05, 4.69) is 15.3 Å². The Kier molecular flexibility index (Phi) is 4.84. The summed E-state index contributed by atoms with van der Waals surface area (Å²) in [5, 5.41) is 14.9. The van der Waals surface area contributed by atoms with Crippen LogP contribution in [0.5, 0.6) is 0 Å². The third-order valence-electron chi connectivity index (χ3n) is 4.04. The molecule has 1 aromatic carbocycles. The number of nitrogens with zero attached hydrogens (tertiary/aromatic N) is 4. The molecule has 1 amide bonds. The maximum absolute atomic E-state index is 11.7. The van der Waals surface area contributed by atoms with Crippen LogP contribution in [0, 0.1) is 10.1 Å². The first kappa shape index (κ1) is 18.1. The number of amides is 1. The second-order valence-electron chi connectivity index (χ2n) is 6.12. The van der Waals surface area contributed by atoms with Crippen molar-refractivity contribution in [3.63, 3.8) is 0 Å². The highest BCUT2D eigenvalue weighted by Crippen LogP contribution is 2.24. The number of nitro groups is 1. The predicted octanol–water partition coefficient (Wildman–Crippen LogP) is 2.32. The van der Waals surface area contributed by atoms with Gasteiger partial charge in [0.2, 0.25) is 0 Å². The minimum Gasteiger partial charge on any atom is -0.365 e. The third-order valence-corrected chi connectivity index (χ3v) is 4.04. The Morgan fingerprint density at radius 1 is 1.30 bits per heavy atom. The third kappa shape index (κ3) is 3.76. The average molecular weight is 366 g/mol. The number of para-hydroxylation sites is 1. The van der Waals surface area contributed by atoms with Crippen molar-refractivity contribution < 1.29 is 9.72 Å². The Labute approximate surface area is 155 Å². The lowest BCUT2D eigenvalue weighted by Crippen LogP contribution is -2.16. The van der Waals surface area contributed by atoms with Crippen molar-refractivity contribution in [2.45, 2.75) is 6.54 Å². The van der Waals surface area contributed by atoms with Gasteiger partial charge in [-0.2, -0.15) is 0 Å². The molecule has 0 fully saturated rings. The number of primary amides is 1. The van der Waals surface area contributed by atoms with E-state index >= 15 is 0 Å². The second-order valence-corrected chi connectivity index (χ2v) is 6.12. The summed E-state index contributed by atoms with van der Waals surface area (Å²) in [4.78, 5) is 32.4. The number of hydrogen-bond donors (Lipinski definition) is 2. The van der Waals surface area contributed by atoms with Crippen molar-refractivity contribution in [2.75, 3.05) is 24.3 Å². The molecule has 3 N–H and O–H groups in total. The van der Waals surface area contributed by atoms with Crippen molar-refractivity contribution in [1.29, 1.82) is 0 Å². The quantitative estimate of drug-likeness (QED) is 0.506. The van der Waals surface area contributed by atoms with Crippen LogP contribution in [-0.4, -0.2) is 34.9 Å². The number of benzene rings is 1. The number of nitrogens with two attached hydrogens (primary N) is 1. The van der Waals surface area contributed by atoms with Crippen LogP contribution in [0.2, 0.25) is 0 Å². The molecule has 0 unspecified atom stereocenters. The highest BCUT2D eigenvalue weighted by atomic mass is 16.6. The van der Waals surface area contributed by atoms with Crippen LogP contribution in [0.3, 0.4) is 0 Å². The van der Waals surface area contributed by atoms with Crippen LogP contribution >= 0.6 is 0 Å². The van der Waals surface area contributed by atoms with E-state index in [1.165, 1.54) is 0 Å². The Hall–Kier alpha value is -3.75. The van der Waals surface area contributed by atoms with E-state index < -0.39 is 10.8 Å². The van der Waals surface area contributed by atoms with Crippen LogP contribution in [0.15, 0.2) is 42.6 Å². The number of rotatable bonds is 6. The van der Waals surface area contributed by atoms with E-state index in [9.17, 15) is 14.9 Å². The number of nitrogens with one attached hydrogen (secondary N) is 1. The normalized spacial score (nSPS) is 10.6. The topological polar surface area (TPSA) is 127 Å². The first-order chi connectivity index (χ1) is 12.9. The molecule has 0 aliphatic carbocycles. The van der Waals surface area contributed by atoms with Crippen LogP contribution in [0.4, 0.5) is 17.3 Å². The zero-order valence-electron chi connectivity index (χ0n) is 14.8. The van der Waals surface area contributed by atoms with Gasteiger partial charge in [0.05, 0.1) is 16.0 Å². The molecule has 27 heavy (non-hydrogen) atoms. The molecule has 0 saturated heterocycles. The molecule has 9 nitrogen and oxygen atoms in total. The van der Waals surface area contributed by atoms with E-state index in [1.807, 2.05) is 49.3 Å². The molecular formula is C18H18N6O3. The molecule has 2 heterocycles. The Morgan fingerprint density at radius 3 is 2.70 bits per heavy atom. The summed E-state index contributed by atoms with van der Waals surface area (Å²) in [5.41, 5.74) is 6.81. The van der Waals surface area contributed by atoms with E-state index in [-0.39, 0.29) is 17.1 Å². The van der Waals surface area contributed by atoms with Gasteiger partial charge in [-0.3, -0.25) is 14.9 Å². The molecule has 0 saturated carbocycles. The molecule has 3 aromatic rings. The van der Waals surface area contributed by atoms with Gasteiger partial charge in [0.15, 0.2) is 0 Å². The van der Waals surface area contributed by atoms with Crippen molar-refractivity contribution in [3.05, 3.63) is 63.8 Å². The van der Waals surface area contributed by atoms with E-state index in [0.717, 1.165) is 34.5 Å². The predicted molar refractivity (Wildman–Crippen MR) is 103 cm³/mol. The summed E-state index contributed by atoms with van der Waals surface area (Å²) < 4.78 is 0. The molecule has 0 radical (unpaired) electrons. The minimum atomic E-state index is -0.790. The number of pyridine rings is 2. The van der Waals surface area contributed by atoms with Gasteiger partial charge in [0, 0.05) is 32.1 Å². The SMILES string of the molecule is CN(C)c1cc(CNc2ncc([N+](=O)[O-])cc2C(N)=O)c2ccccc2n1. The number of anilines is 2. The molecule has 9 heteroatoms. The van der Waals surface area contributed by atoms with Crippen LogP contribution in [0.25, 0.3) is 10.9 Å².